The smallest absolute Gasteiger partial charge is 0.322 e. The SMILES string of the molecule is CN1CCc2nc(NC(=O)c3cccc(C4CCCN4C(=O)Nc4cccc(C(N)O)c4)c3)sc2C1. The van der Waals surface area contributed by atoms with Crippen LogP contribution in [0.2, 0.25) is 0 Å². The lowest BCUT2D eigenvalue weighted by Gasteiger charge is -2.26. The highest BCUT2D eigenvalue weighted by atomic mass is 32.1. The van der Waals surface area contributed by atoms with Crippen LogP contribution in [0.1, 0.15) is 57.2 Å². The second-order valence-electron chi connectivity index (χ2n) is 9.31. The van der Waals surface area contributed by atoms with Crippen molar-refractivity contribution in [2.75, 3.05) is 30.8 Å². The van der Waals surface area contributed by atoms with Crippen molar-refractivity contribution < 1.29 is 14.7 Å². The highest BCUT2D eigenvalue weighted by Crippen LogP contribution is 2.33. The number of hydrogen-bond acceptors (Lipinski definition) is 7. The fourth-order valence-corrected chi connectivity index (χ4v) is 5.87. The zero-order valence-corrected chi connectivity index (χ0v) is 20.9. The summed E-state index contributed by atoms with van der Waals surface area (Å²) in [4.78, 5) is 36.0. The number of nitrogens with one attached hydrogen (secondary N) is 2. The van der Waals surface area contributed by atoms with Gasteiger partial charge >= 0.3 is 6.03 Å². The standard InChI is InChI=1S/C26H30N6O3S/c1-31-12-10-20-22(15-31)36-25(29-20)30-24(34)18-7-2-5-16(13-18)21-9-4-11-32(21)26(35)28-19-8-3-6-17(14-19)23(27)33/h2-3,5-8,13-14,21,23,33H,4,9-12,15,27H2,1H3,(H,28,35)(H,29,30,34). The maximum absolute atomic E-state index is 13.1. The minimum Gasteiger partial charge on any atom is -0.375 e. The van der Waals surface area contributed by atoms with E-state index in [0.29, 0.717) is 28.5 Å². The maximum Gasteiger partial charge on any atom is 0.322 e. The van der Waals surface area contributed by atoms with Gasteiger partial charge in [0.25, 0.3) is 5.91 Å². The van der Waals surface area contributed by atoms with Gasteiger partial charge in [0.05, 0.1) is 11.7 Å². The first-order valence-corrected chi connectivity index (χ1v) is 12.9. The highest BCUT2D eigenvalue weighted by Gasteiger charge is 2.30. The van der Waals surface area contributed by atoms with Crippen LogP contribution < -0.4 is 16.4 Å². The normalized spacial score (nSPS) is 18.5. The first-order valence-electron chi connectivity index (χ1n) is 12.1. The molecule has 5 N–H and O–H groups in total. The van der Waals surface area contributed by atoms with Gasteiger partial charge in [-0.05, 0) is 55.3 Å². The van der Waals surface area contributed by atoms with E-state index < -0.39 is 6.23 Å². The summed E-state index contributed by atoms with van der Waals surface area (Å²) in [5.41, 5.74) is 9.16. The average molecular weight is 507 g/mol. The third-order valence-corrected chi connectivity index (χ3v) is 7.67. The van der Waals surface area contributed by atoms with E-state index in [0.717, 1.165) is 43.6 Å². The third kappa shape index (κ3) is 5.26. The Morgan fingerprint density at radius 1 is 1.17 bits per heavy atom. The topological polar surface area (TPSA) is 124 Å². The number of hydrogen-bond donors (Lipinski definition) is 4. The molecule has 2 aliphatic rings. The van der Waals surface area contributed by atoms with Crippen LogP contribution in [0.3, 0.4) is 0 Å². The number of aliphatic hydroxyl groups excluding tert-OH is 1. The minimum atomic E-state index is -1.11. The number of likely N-dealkylation sites (N-methyl/N-ethyl adjacent to an activating group) is 1. The Balaban J connectivity index is 1.28. The van der Waals surface area contributed by atoms with Crippen LogP contribution in [0.15, 0.2) is 48.5 Å². The number of amides is 3. The molecule has 3 amide bonds. The molecule has 1 aromatic heterocycles. The maximum atomic E-state index is 13.1. The first kappa shape index (κ1) is 24.4. The van der Waals surface area contributed by atoms with Gasteiger partial charge in [-0.3, -0.25) is 10.1 Å². The number of fused-ring (bicyclic) bond motifs is 1. The first-order chi connectivity index (χ1) is 17.4. The molecular weight excluding hydrogens is 476 g/mol. The van der Waals surface area contributed by atoms with Gasteiger partial charge in [0.2, 0.25) is 0 Å². The van der Waals surface area contributed by atoms with Crippen LogP contribution in [-0.4, -0.2) is 52.0 Å². The summed E-state index contributed by atoms with van der Waals surface area (Å²) in [5, 5.41) is 16.1. The lowest BCUT2D eigenvalue weighted by molar-refractivity contribution is 0.102. The molecule has 188 valence electrons. The molecule has 2 unspecified atom stereocenters. The van der Waals surface area contributed by atoms with E-state index in [1.54, 1.807) is 35.2 Å². The van der Waals surface area contributed by atoms with Gasteiger partial charge in [0, 0.05) is 42.2 Å². The van der Waals surface area contributed by atoms with E-state index in [1.807, 2.05) is 18.2 Å². The lowest BCUT2D eigenvalue weighted by atomic mass is 10.0. The van der Waals surface area contributed by atoms with Gasteiger partial charge in [0.15, 0.2) is 5.13 Å². The van der Waals surface area contributed by atoms with E-state index in [1.165, 1.54) is 16.2 Å². The highest BCUT2D eigenvalue weighted by molar-refractivity contribution is 7.15. The Morgan fingerprint density at radius 3 is 2.83 bits per heavy atom. The summed E-state index contributed by atoms with van der Waals surface area (Å²) >= 11 is 1.53. The lowest BCUT2D eigenvalue weighted by Crippen LogP contribution is -2.34. The van der Waals surface area contributed by atoms with Gasteiger partial charge in [-0.2, -0.15) is 0 Å². The van der Waals surface area contributed by atoms with Crippen molar-refractivity contribution >= 4 is 34.1 Å². The molecule has 36 heavy (non-hydrogen) atoms. The van der Waals surface area contributed by atoms with Crippen molar-refractivity contribution in [1.29, 1.82) is 0 Å². The molecule has 0 bridgehead atoms. The number of aromatic nitrogens is 1. The molecule has 9 nitrogen and oxygen atoms in total. The molecule has 3 heterocycles. The number of carbonyl (C=O) groups is 2. The molecule has 0 saturated carbocycles. The molecule has 3 aromatic rings. The number of rotatable bonds is 5. The van der Waals surface area contributed by atoms with Gasteiger partial charge in [-0.25, -0.2) is 9.78 Å². The van der Waals surface area contributed by atoms with Crippen molar-refractivity contribution in [1.82, 2.24) is 14.8 Å². The summed E-state index contributed by atoms with van der Waals surface area (Å²) in [7, 11) is 2.08. The van der Waals surface area contributed by atoms with Crippen LogP contribution in [0, 0.1) is 0 Å². The van der Waals surface area contributed by atoms with Gasteiger partial charge < -0.3 is 26.0 Å². The summed E-state index contributed by atoms with van der Waals surface area (Å²) in [5.74, 6) is -0.206. The van der Waals surface area contributed by atoms with Crippen LogP contribution >= 0.6 is 11.3 Å². The minimum absolute atomic E-state index is 0.135. The molecule has 2 aromatic carbocycles. The van der Waals surface area contributed by atoms with Gasteiger partial charge in [0.1, 0.15) is 6.23 Å². The zero-order valence-electron chi connectivity index (χ0n) is 20.1. The Morgan fingerprint density at radius 2 is 2.00 bits per heavy atom. The van der Waals surface area contributed by atoms with Crippen LogP contribution in [0.25, 0.3) is 0 Å². The third-order valence-electron chi connectivity index (χ3n) is 6.67. The van der Waals surface area contributed by atoms with Gasteiger partial charge in [-0.1, -0.05) is 24.3 Å². The van der Waals surface area contributed by atoms with E-state index in [2.05, 4.69) is 27.6 Å². The summed E-state index contributed by atoms with van der Waals surface area (Å²) in [6, 6.07) is 13.9. The number of benzene rings is 2. The number of aliphatic hydroxyl groups is 1. The van der Waals surface area contributed by atoms with Crippen LogP contribution in [-0.2, 0) is 13.0 Å². The number of anilines is 2. The second-order valence-corrected chi connectivity index (χ2v) is 10.4. The molecular formula is C26H30N6O3S. The number of nitrogens with two attached hydrogens (primary N) is 1. The molecule has 2 aliphatic heterocycles. The Kier molecular flexibility index (Phi) is 7.01. The molecule has 10 heteroatoms. The fraction of sp³-hybridized carbons (Fsp3) is 0.346. The van der Waals surface area contributed by atoms with Crippen molar-refractivity contribution in [2.24, 2.45) is 5.73 Å². The van der Waals surface area contributed by atoms with Crippen molar-refractivity contribution in [3.8, 4) is 0 Å². The molecule has 1 fully saturated rings. The Hall–Kier alpha value is -3.31. The predicted molar refractivity (Wildman–Crippen MR) is 140 cm³/mol. The molecule has 0 radical (unpaired) electrons. The van der Waals surface area contributed by atoms with E-state index >= 15 is 0 Å². The number of carbonyl (C=O) groups excluding carboxylic acids is 2. The molecule has 0 spiro atoms. The second kappa shape index (κ2) is 10.4. The van der Waals surface area contributed by atoms with Crippen LogP contribution in [0.5, 0.6) is 0 Å². The average Bonchev–Trinajstić information content (AvgIpc) is 3.51. The van der Waals surface area contributed by atoms with E-state index in [9.17, 15) is 14.7 Å². The number of nitrogens with zero attached hydrogens (tertiary/aromatic N) is 3. The Labute approximate surface area is 213 Å². The van der Waals surface area contributed by atoms with Crippen LogP contribution in [0.4, 0.5) is 15.6 Å². The summed E-state index contributed by atoms with van der Waals surface area (Å²) < 4.78 is 0. The van der Waals surface area contributed by atoms with Crippen molar-refractivity contribution in [2.45, 2.75) is 38.1 Å². The summed E-state index contributed by atoms with van der Waals surface area (Å²) in [6.07, 6.45) is 1.47. The fourth-order valence-electron chi connectivity index (χ4n) is 4.79. The largest absolute Gasteiger partial charge is 0.375 e. The predicted octanol–water partition coefficient (Wildman–Crippen LogP) is 3.70. The molecule has 5 rings (SSSR count). The number of urea groups is 1. The molecule has 0 aliphatic carbocycles. The van der Waals surface area contributed by atoms with Gasteiger partial charge in [-0.15, -0.1) is 11.3 Å². The van der Waals surface area contributed by atoms with Crippen molar-refractivity contribution in [3.05, 3.63) is 75.8 Å². The Bertz CT molecular complexity index is 1280. The molecule has 1 saturated heterocycles. The zero-order chi connectivity index (χ0) is 25.2. The van der Waals surface area contributed by atoms with E-state index in [-0.39, 0.29) is 18.0 Å². The number of thiazole rings is 1. The number of likely N-dealkylation sites (tertiary alicyclic amines) is 1. The van der Waals surface area contributed by atoms with E-state index in [4.69, 9.17) is 5.73 Å². The monoisotopic (exact) mass is 506 g/mol. The van der Waals surface area contributed by atoms with Crippen molar-refractivity contribution in [3.63, 3.8) is 0 Å². The molecule has 2 atom stereocenters. The summed E-state index contributed by atoms with van der Waals surface area (Å²) in [6.45, 7) is 2.44. The quantitative estimate of drug-likeness (QED) is 0.391.